The Labute approximate surface area is 114 Å². The van der Waals surface area contributed by atoms with Crippen molar-refractivity contribution in [2.24, 2.45) is 11.7 Å². The molecule has 0 bridgehead atoms. The molecule has 0 saturated heterocycles. The molecule has 2 rings (SSSR count). The smallest absolute Gasteiger partial charge is 0.243 e. The molecule has 3 N–H and O–H groups in total. The van der Waals surface area contributed by atoms with Gasteiger partial charge in [0.25, 0.3) is 0 Å². The number of nitrogens with one attached hydrogen (secondary N) is 1. The fourth-order valence-corrected chi connectivity index (χ4v) is 3.80. The molecular formula is C12H22N4O2S. The molecule has 2 unspecified atom stereocenters. The monoisotopic (exact) mass is 286 g/mol. The lowest BCUT2D eigenvalue weighted by molar-refractivity contribution is 0.327. The summed E-state index contributed by atoms with van der Waals surface area (Å²) in [5.74, 6) is 0.585. The highest BCUT2D eigenvalue weighted by molar-refractivity contribution is 7.89. The third-order valence-corrected chi connectivity index (χ3v) is 5.01. The molecule has 0 aliphatic heterocycles. The zero-order chi connectivity index (χ0) is 13.9. The first-order valence-corrected chi connectivity index (χ1v) is 8.24. The standard InChI is InChI=1S/C12H22N4O2S/c1-10-3-2-4-11(7-10)15-19(17,18)12-8-14-16(9-12)6-5-13/h8-11,15H,2-7,13H2,1H3. The minimum atomic E-state index is -3.45. The maximum atomic E-state index is 12.2. The number of hydrogen-bond donors (Lipinski definition) is 2. The largest absolute Gasteiger partial charge is 0.329 e. The van der Waals surface area contributed by atoms with E-state index in [9.17, 15) is 8.42 Å². The number of nitrogens with two attached hydrogens (primary N) is 1. The molecule has 7 heteroatoms. The van der Waals surface area contributed by atoms with Gasteiger partial charge in [0.2, 0.25) is 10.0 Å². The fraction of sp³-hybridized carbons (Fsp3) is 0.750. The molecule has 108 valence electrons. The van der Waals surface area contributed by atoms with Gasteiger partial charge in [0.05, 0.1) is 12.7 Å². The zero-order valence-electron chi connectivity index (χ0n) is 11.2. The molecule has 1 aliphatic carbocycles. The van der Waals surface area contributed by atoms with Gasteiger partial charge in [-0.25, -0.2) is 13.1 Å². The van der Waals surface area contributed by atoms with Crippen LogP contribution >= 0.6 is 0 Å². The molecule has 6 nitrogen and oxygen atoms in total. The van der Waals surface area contributed by atoms with Crippen molar-refractivity contribution in [3.63, 3.8) is 0 Å². The Bertz CT molecular complexity index is 512. The van der Waals surface area contributed by atoms with Gasteiger partial charge in [-0.3, -0.25) is 4.68 Å². The van der Waals surface area contributed by atoms with Crippen LogP contribution in [0.15, 0.2) is 17.3 Å². The molecule has 19 heavy (non-hydrogen) atoms. The summed E-state index contributed by atoms with van der Waals surface area (Å²) in [4.78, 5) is 0.221. The summed E-state index contributed by atoms with van der Waals surface area (Å²) >= 11 is 0. The lowest BCUT2D eigenvalue weighted by Gasteiger charge is -2.26. The Balaban J connectivity index is 2.04. The van der Waals surface area contributed by atoms with Gasteiger partial charge in [-0.2, -0.15) is 5.10 Å². The van der Waals surface area contributed by atoms with Crippen LogP contribution in [0.1, 0.15) is 32.6 Å². The van der Waals surface area contributed by atoms with Crippen molar-refractivity contribution in [1.82, 2.24) is 14.5 Å². The topological polar surface area (TPSA) is 90.0 Å². The van der Waals surface area contributed by atoms with Gasteiger partial charge in [-0.05, 0) is 18.8 Å². The van der Waals surface area contributed by atoms with Crippen LogP contribution in [0.4, 0.5) is 0 Å². The average Bonchev–Trinajstić information content (AvgIpc) is 2.78. The molecule has 0 amide bonds. The van der Waals surface area contributed by atoms with E-state index in [1.165, 1.54) is 18.8 Å². The summed E-state index contributed by atoms with van der Waals surface area (Å²) < 4.78 is 28.8. The van der Waals surface area contributed by atoms with Gasteiger partial charge < -0.3 is 5.73 Å². The quantitative estimate of drug-likeness (QED) is 0.833. The number of hydrogen-bond acceptors (Lipinski definition) is 4. The minimum Gasteiger partial charge on any atom is -0.329 e. The summed E-state index contributed by atoms with van der Waals surface area (Å²) in [6.45, 7) is 3.13. The Kier molecular flexibility index (Phi) is 4.59. The van der Waals surface area contributed by atoms with Crippen LogP contribution in [0, 0.1) is 5.92 Å². The van der Waals surface area contributed by atoms with E-state index >= 15 is 0 Å². The second-order valence-corrected chi connectivity index (χ2v) is 7.03. The first-order chi connectivity index (χ1) is 9.01. The van der Waals surface area contributed by atoms with Gasteiger partial charge in [-0.1, -0.05) is 19.8 Å². The summed E-state index contributed by atoms with van der Waals surface area (Å²) in [7, 11) is -3.45. The van der Waals surface area contributed by atoms with Gasteiger partial charge in [-0.15, -0.1) is 0 Å². The molecule has 1 aromatic heterocycles. The Morgan fingerprint density at radius 3 is 3.00 bits per heavy atom. The summed E-state index contributed by atoms with van der Waals surface area (Å²) in [5.41, 5.74) is 5.42. The highest BCUT2D eigenvalue weighted by Gasteiger charge is 2.25. The van der Waals surface area contributed by atoms with Gasteiger partial charge in [0.1, 0.15) is 4.90 Å². The van der Waals surface area contributed by atoms with Crippen LogP contribution in [0.3, 0.4) is 0 Å². The van der Waals surface area contributed by atoms with Crippen molar-refractivity contribution in [3.05, 3.63) is 12.4 Å². The summed E-state index contributed by atoms with van der Waals surface area (Å²) in [5, 5.41) is 4.00. The third kappa shape index (κ3) is 3.77. The first kappa shape index (κ1) is 14.5. The lowest BCUT2D eigenvalue weighted by atomic mass is 9.88. The molecule has 2 atom stereocenters. The maximum absolute atomic E-state index is 12.2. The van der Waals surface area contributed by atoms with E-state index in [0.717, 1.165) is 19.3 Å². The Morgan fingerprint density at radius 2 is 2.32 bits per heavy atom. The second kappa shape index (κ2) is 6.02. The van der Waals surface area contributed by atoms with E-state index in [0.29, 0.717) is 19.0 Å². The number of sulfonamides is 1. The summed E-state index contributed by atoms with van der Waals surface area (Å²) in [6.07, 6.45) is 7.01. The SMILES string of the molecule is CC1CCCC(NS(=O)(=O)c2cnn(CCN)c2)C1. The molecular weight excluding hydrogens is 264 g/mol. The molecule has 0 aromatic carbocycles. The second-order valence-electron chi connectivity index (χ2n) is 5.32. The molecule has 1 fully saturated rings. The van der Waals surface area contributed by atoms with Crippen LogP contribution in [-0.4, -0.2) is 30.8 Å². The van der Waals surface area contributed by atoms with Crippen molar-refractivity contribution >= 4 is 10.0 Å². The van der Waals surface area contributed by atoms with Crippen LogP contribution in [-0.2, 0) is 16.6 Å². The highest BCUT2D eigenvalue weighted by atomic mass is 32.2. The fourth-order valence-electron chi connectivity index (χ4n) is 2.57. The van der Waals surface area contributed by atoms with Crippen LogP contribution in [0.25, 0.3) is 0 Å². The number of aromatic nitrogens is 2. The Morgan fingerprint density at radius 1 is 1.53 bits per heavy atom. The molecule has 1 aliphatic rings. The Hall–Kier alpha value is -0.920. The molecule has 0 radical (unpaired) electrons. The van der Waals surface area contributed by atoms with E-state index in [1.54, 1.807) is 4.68 Å². The van der Waals surface area contributed by atoms with Crippen molar-refractivity contribution in [3.8, 4) is 0 Å². The summed E-state index contributed by atoms with van der Waals surface area (Å²) in [6, 6.07) is 0.0478. The zero-order valence-corrected chi connectivity index (χ0v) is 12.1. The van der Waals surface area contributed by atoms with E-state index < -0.39 is 10.0 Å². The van der Waals surface area contributed by atoms with E-state index in [-0.39, 0.29) is 10.9 Å². The molecule has 1 heterocycles. The highest BCUT2D eigenvalue weighted by Crippen LogP contribution is 2.24. The van der Waals surface area contributed by atoms with Crippen molar-refractivity contribution in [1.29, 1.82) is 0 Å². The predicted molar refractivity (Wildman–Crippen MR) is 73.0 cm³/mol. The van der Waals surface area contributed by atoms with Crippen LogP contribution in [0.2, 0.25) is 0 Å². The molecule has 1 saturated carbocycles. The van der Waals surface area contributed by atoms with Gasteiger partial charge in [0.15, 0.2) is 0 Å². The number of rotatable bonds is 5. The van der Waals surface area contributed by atoms with E-state index in [4.69, 9.17) is 5.73 Å². The van der Waals surface area contributed by atoms with E-state index in [2.05, 4.69) is 16.7 Å². The molecule has 0 spiro atoms. The third-order valence-electron chi connectivity index (χ3n) is 3.54. The average molecular weight is 286 g/mol. The van der Waals surface area contributed by atoms with Gasteiger partial charge >= 0.3 is 0 Å². The van der Waals surface area contributed by atoms with Crippen molar-refractivity contribution in [2.75, 3.05) is 6.54 Å². The predicted octanol–water partition coefficient (Wildman–Crippen LogP) is 0.699. The maximum Gasteiger partial charge on any atom is 0.243 e. The minimum absolute atomic E-state index is 0.0478. The normalized spacial score (nSPS) is 24.5. The lowest BCUT2D eigenvalue weighted by Crippen LogP contribution is -2.37. The van der Waals surface area contributed by atoms with Crippen molar-refractivity contribution in [2.45, 2.75) is 50.1 Å². The van der Waals surface area contributed by atoms with Crippen LogP contribution < -0.4 is 10.5 Å². The van der Waals surface area contributed by atoms with Crippen molar-refractivity contribution < 1.29 is 8.42 Å². The van der Waals surface area contributed by atoms with Crippen LogP contribution in [0.5, 0.6) is 0 Å². The van der Waals surface area contributed by atoms with E-state index in [1.807, 2.05) is 0 Å². The first-order valence-electron chi connectivity index (χ1n) is 6.76. The molecule has 1 aromatic rings. The number of nitrogens with zero attached hydrogens (tertiary/aromatic N) is 2. The van der Waals surface area contributed by atoms with Gasteiger partial charge in [0, 0.05) is 18.8 Å².